The highest BCUT2D eigenvalue weighted by atomic mass is 32.2. The number of methoxy groups -OCH3 is 2. The molecule has 3 atom stereocenters. The molecule has 3 aromatic carbocycles. The summed E-state index contributed by atoms with van der Waals surface area (Å²) in [5.41, 5.74) is 7.33. The molecule has 1 unspecified atom stereocenters. The van der Waals surface area contributed by atoms with Gasteiger partial charge in [0.1, 0.15) is 11.5 Å². The number of carbonyl (C=O) groups excluding carboxylic acids is 2. The molecule has 0 aromatic heterocycles. The summed E-state index contributed by atoms with van der Waals surface area (Å²) < 4.78 is 34.6. The van der Waals surface area contributed by atoms with Crippen LogP contribution in [0.1, 0.15) is 62.4 Å². The summed E-state index contributed by atoms with van der Waals surface area (Å²) in [5, 5.41) is 0. The van der Waals surface area contributed by atoms with Crippen LogP contribution >= 0.6 is 11.8 Å². The molecule has 1 aliphatic heterocycles. The predicted molar refractivity (Wildman–Crippen MR) is 174 cm³/mol. The first-order valence-corrected chi connectivity index (χ1v) is 16.1. The van der Waals surface area contributed by atoms with Gasteiger partial charge in [0.15, 0.2) is 23.7 Å². The number of ether oxygens (including phenoxy) is 6. The van der Waals surface area contributed by atoms with Gasteiger partial charge in [0.25, 0.3) is 0 Å². The maximum atomic E-state index is 12.7. The summed E-state index contributed by atoms with van der Waals surface area (Å²) in [6, 6.07) is 14.2. The van der Waals surface area contributed by atoms with Gasteiger partial charge in [0.2, 0.25) is 0 Å². The number of hydrogen-bond acceptors (Lipinski definition) is 9. The van der Waals surface area contributed by atoms with E-state index >= 15 is 0 Å². The van der Waals surface area contributed by atoms with Crippen molar-refractivity contribution in [3.05, 3.63) is 70.3 Å². The Balaban J connectivity index is 1.77. The van der Waals surface area contributed by atoms with Gasteiger partial charge in [-0.2, -0.15) is 0 Å². The van der Waals surface area contributed by atoms with Crippen molar-refractivity contribution in [1.29, 1.82) is 0 Å². The number of carbonyl (C=O) groups is 2. The standard InChI is InChI=1S/C36H40O8S/c1-9-41-35(37)21(5)43-28-18-23-17-19(3)29(30(23)20(4)32(28)44-22(6)36(38)42-10-2)31-24-13-11-15-26(39-7)33(24)45-34-25(31)14-12-16-27(34)40-8/h11-16,18-19,21-22H,9-10,17H2,1-8H3/t19?,21-,22-/m1/s1. The quantitative estimate of drug-likeness (QED) is 0.167. The molecule has 0 radical (unpaired) electrons. The Hall–Kier alpha value is -4.11. The molecule has 238 valence electrons. The van der Waals surface area contributed by atoms with Crippen LogP contribution in [0.5, 0.6) is 23.0 Å². The van der Waals surface area contributed by atoms with Crippen molar-refractivity contribution in [3.63, 3.8) is 0 Å². The van der Waals surface area contributed by atoms with Gasteiger partial charge in [-0.25, -0.2) is 9.59 Å². The van der Waals surface area contributed by atoms with E-state index in [9.17, 15) is 9.59 Å². The summed E-state index contributed by atoms with van der Waals surface area (Å²) in [4.78, 5) is 27.3. The van der Waals surface area contributed by atoms with Gasteiger partial charge in [0.05, 0.1) is 37.2 Å². The molecule has 1 heterocycles. The van der Waals surface area contributed by atoms with Gasteiger partial charge in [-0.15, -0.1) is 0 Å². The van der Waals surface area contributed by atoms with Crippen LogP contribution in [-0.2, 0) is 25.5 Å². The van der Waals surface area contributed by atoms with E-state index in [4.69, 9.17) is 28.4 Å². The molecule has 1 aliphatic carbocycles. The monoisotopic (exact) mass is 632 g/mol. The highest BCUT2D eigenvalue weighted by molar-refractivity contribution is 7.99. The Morgan fingerprint density at radius 3 is 1.89 bits per heavy atom. The van der Waals surface area contributed by atoms with Crippen LogP contribution in [0.15, 0.2) is 52.3 Å². The second-order valence-electron chi connectivity index (χ2n) is 11.1. The predicted octanol–water partition coefficient (Wildman–Crippen LogP) is 7.29. The van der Waals surface area contributed by atoms with Crippen molar-refractivity contribution in [3.8, 4) is 23.0 Å². The molecule has 0 N–H and O–H groups in total. The lowest BCUT2D eigenvalue weighted by atomic mass is 9.85. The SMILES string of the molecule is CCOC(=O)[C@@H](C)Oc1cc2c(c(C)c1O[C@H](C)C(=O)OCC)C(=C1c3cccc(OC)c3Sc3c(OC)cccc31)C(C)C2. The molecule has 0 fully saturated rings. The van der Waals surface area contributed by atoms with Gasteiger partial charge in [-0.05, 0) is 87.4 Å². The average molecular weight is 633 g/mol. The summed E-state index contributed by atoms with van der Waals surface area (Å²) in [6.45, 7) is 11.5. The number of hydrogen-bond donors (Lipinski definition) is 0. The Labute approximate surface area is 269 Å². The zero-order chi connectivity index (χ0) is 32.4. The van der Waals surface area contributed by atoms with Crippen molar-refractivity contribution in [2.45, 2.75) is 70.0 Å². The van der Waals surface area contributed by atoms with Gasteiger partial charge < -0.3 is 28.4 Å². The van der Waals surface area contributed by atoms with Crippen molar-refractivity contribution in [1.82, 2.24) is 0 Å². The third kappa shape index (κ3) is 5.98. The van der Waals surface area contributed by atoms with E-state index in [1.807, 2.05) is 37.3 Å². The maximum Gasteiger partial charge on any atom is 0.347 e. The van der Waals surface area contributed by atoms with Gasteiger partial charge >= 0.3 is 11.9 Å². The largest absolute Gasteiger partial charge is 0.496 e. The topological polar surface area (TPSA) is 89.5 Å². The molecule has 8 nitrogen and oxygen atoms in total. The van der Waals surface area contributed by atoms with Crippen molar-refractivity contribution < 1.29 is 38.0 Å². The summed E-state index contributed by atoms with van der Waals surface area (Å²) in [5.74, 6) is 1.51. The van der Waals surface area contributed by atoms with Gasteiger partial charge in [0, 0.05) is 16.7 Å². The van der Waals surface area contributed by atoms with E-state index in [1.54, 1.807) is 53.7 Å². The van der Waals surface area contributed by atoms with E-state index in [-0.39, 0.29) is 19.1 Å². The smallest absolute Gasteiger partial charge is 0.347 e. The minimum Gasteiger partial charge on any atom is -0.496 e. The molecular formula is C36H40O8S. The molecule has 2 aliphatic rings. The lowest BCUT2D eigenvalue weighted by molar-refractivity contribution is -0.152. The Morgan fingerprint density at radius 2 is 1.38 bits per heavy atom. The number of benzene rings is 3. The molecule has 3 aromatic rings. The van der Waals surface area contributed by atoms with E-state index in [1.165, 1.54) is 0 Å². The highest BCUT2D eigenvalue weighted by Crippen LogP contribution is 2.57. The zero-order valence-corrected chi connectivity index (χ0v) is 27.9. The third-order valence-corrected chi connectivity index (χ3v) is 9.35. The van der Waals surface area contributed by atoms with E-state index < -0.39 is 24.1 Å². The fourth-order valence-electron chi connectivity index (χ4n) is 6.13. The minimum atomic E-state index is -0.905. The molecular weight excluding hydrogens is 592 g/mol. The summed E-state index contributed by atoms with van der Waals surface area (Å²) >= 11 is 1.65. The molecule has 0 saturated carbocycles. The lowest BCUT2D eigenvalue weighted by Crippen LogP contribution is -2.29. The maximum absolute atomic E-state index is 12.7. The molecule has 0 spiro atoms. The van der Waals surface area contributed by atoms with Gasteiger partial charge in [-0.3, -0.25) is 0 Å². The second kappa shape index (κ2) is 13.5. The van der Waals surface area contributed by atoms with E-state index in [0.717, 1.165) is 66.7 Å². The van der Waals surface area contributed by atoms with Gasteiger partial charge in [-0.1, -0.05) is 43.0 Å². The fourth-order valence-corrected chi connectivity index (χ4v) is 7.40. The zero-order valence-electron chi connectivity index (χ0n) is 27.1. The molecule has 45 heavy (non-hydrogen) atoms. The Kier molecular flexibility index (Phi) is 9.68. The second-order valence-corrected chi connectivity index (χ2v) is 12.1. The van der Waals surface area contributed by atoms with Crippen molar-refractivity contribution in [2.75, 3.05) is 27.4 Å². The van der Waals surface area contributed by atoms with Crippen LogP contribution in [0.3, 0.4) is 0 Å². The highest BCUT2D eigenvalue weighted by Gasteiger charge is 2.37. The first-order chi connectivity index (χ1) is 21.6. The van der Waals surface area contributed by atoms with Crippen LogP contribution in [0.25, 0.3) is 11.1 Å². The lowest BCUT2D eigenvalue weighted by Gasteiger charge is -2.28. The number of rotatable bonds is 10. The Bertz CT molecular complexity index is 1600. The summed E-state index contributed by atoms with van der Waals surface area (Å²) in [6.07, 6.45) is -1.04. The first kappa shape index (κ1) is 32.3. The van der Waals surface area contributed by atoms with Crippen LogP contribution in [0, 0.1) is 12.8 Å². The third-order valence-electron chi connectivity index (χ3n) is 8.10. The Morgan fingerprint density at radius 1 is 0.844 bits per heavy atom. The van der Waals surface area contributed by atoms with Crippen LogP contribution in [0.4, 0.5) is 0 Å². The number of allylic oxidation sites excluding steroid dienone is 1. The number of esters is 2. The molecule has 0 saturated heterocycles. The fraction of sp³-hybridized carbons (Fsp3) is 0.389. The number of fused-ring (bicyclic) bond motifs is 3. The molecule has 0 amide bonds. The van der Waals surface area contributed by atoms with Crippen LogP contribution in [-0.4, -0.2) is 51.6 Å². The van der Waals surface area contributed by atoms with Crippen LogP contribution in [0.2, 0.25) is 0 Å². The molecule has 9 heteroatoms. The summed E-state index contributed by atoms with van der Waals surface area (Å²) in [7, 11) is 3.37. The van der Waals surface area contributed by atoms with Crippen molar-refractivity contribution in [2.24, 2.45) is 5.92 Å². The first-order valence-electron chi connectivity index (χ1n) is 15.2. The van der Waals surface area contributed by atoms with Crippen molar-refractivity contribution >= 4 is 34.8 Å². The van der Waals surface area contributed by atoms with E-state index in [2.05, 4.69) is 19.1 Å². The van der Waals surface area contributed by atoms with E-state index in [0.29, 0.717) is 11.5 Å². The van der Waals surface area contributed by atoms with Crippen LogP contribution < -0.4 is 18.9 Å². The normalized spacial score (nSPS) is 16.1. The molecule has 0 bridgehead atoms. The molecule has 5 rings (SSSR count). The minimum absolute atomic E-state index is 0.128. The average Bonchev–Trinajstić information content (AvgIpc) is 3.36.